The van der Waals surface area contributed by atoms with Gasteiger partial charge >= 0.3 is 99.1 Å². The number of carboxylic acid groups (broad SMARTS) is 3. The van der Waals surface area contributed by atoms with Crippen LogP contribution in [0.4, 0.5) is 0 Å². The van der Waals surface area contributed by atoms with Crippen molar-refractivity contribution in [2.75, 3.05) is 99.4 Å². The first-order valence-electron chi connectivity index (χ1n) is 12.3. The van der Waals surface area contributed by atoms with E-state index in [4.69, 9.17) is 0 Å². The second-order valence-electron chi connectivity index (χ2n) is 8.44. The molecule has 0 aromatic heterocycles. The molecule has 0 aliphatic carbocycles. The number of nitrogens with zero attached hydrogens (tertiary/aromatic N) is 3. The zero-order valence-corrected chi connectivity index (χ0v) is 33.9. The van der Waals surface area contributed by atoms with Gasteiger partial charge in [0.2, 0.25) is 11.8 Å². The fraction of sp³-hybridized carbons (Fsp3) is 0.750. The van der Waals surface area contributed by atoms with Gasteiger partial charge in [-0.2, -0.15) is 0 Å². The summed E-state index contributed by atoms with van der Waals surface area (Å²) in [6.45, 7) is -5.22. The Kier molecular flexibility index (Phi) is 34.4. The molecule has 0 rings (SSSR count). The molecule has 2 atom stereocenters. The van der Waals surface area contributed by atoms with Gasteiger partial charge in [0.25, 0.3) is 15.6 Å². The van der Waals surface area contributed by atoms with Crippen LogP contribution in [-0.2, 0) is 51.2 Å². The zero-order valence-electron chi connectivity index (χ0n) is 25.8. The summed E-state index contributed by atoms with van der Waals surface area (Å²) in [6.07, 6.45) is 0. The van der Waals surface area contributed by atoms with Crippen molar-refractivity contribution >= 4 is 45.4 Å². The van der Waals surface area contributed by atoms with Crippen LogP contribution in [0.15, 0.2) is 0 Å². The summed E-state index contributed by atoms with van der Waals surface area (Å²) in [4.78, 5) is 83.5. The zero-order chi connectivity index (χ0) is 33.1. The van der Waals surface area contributed by atoms with Crippen LogP contribution in [0.3, 0.4) is 0 Å². The third-order valence-corrected chi connectivity index (χ3v) is 6.94. The minimum atomic E-state index is -4.50. The van der Waals surface area contributed by atoms with Gasteiger partial charge in [0, 0.05) is 73.1 Å². The average Bonchev–Trinajstić information content (AvgIpc) is 2.89. The Bertz CT molecular complexity index is 967. The molecule has 0 aromatic carbocycles. The van der Waals surface area contributed by atoms with E-state index >= 15 is 0 Å². The van der Waals surface area contributed by atoms with Crippen LogP contribution in [0.2, 0.25) is 0 Å². The van der Waals surface area contributed by atoms with Crippen molar-refractivity contribution in [3.8, 4) is 0 Å². The van der Waals surface area contributed by atoms with Gasteiger partial charge in [-0.15, -0.1) is 0 Å². The minimum Gasteiger partial charge on any atom is -0.756 e. The number of rotatable bonds is 26. The van der Waals surface area contributed by atoms with E-state index in [1.807, 2.05) is 0 Å². The Morgan fingerprint density at radius 3 is 1.15 bits per heavy atom. The van der Waals surface area contributed by atoms with Gasteiger partial charge in [-0.1, -0.05) is 0 Å². The second kappa shape index (κ2) is 29.5. The molecule has 0 aliphatic rings. The number of phosphoric acid groups is 2. The van der Waals surface area contributed by atoms with Crippen LogP contribution in [-0.4, -0.2) is 144 Å². The van der Waals surface area contributed by atoms with Crippen molar-refractivity contribution in [2.24, 2.45) is 0 Å². The smallest absolute Gasteiger partial charge is 0.756 e. The maximum Gasteiger partial charge on any atom is 3.00 e. The van der Waals surface area contributed by atoms with Crippen molar-refractivity contribution in [2.45, 2.75) is 0 Å². The third-order valence-electron chi connectivity index (χ3n) is 5.05. The fourth-order valence-electron chi connectivity index (χ4n) is 3.13. The normalized spacial score (nSPS) is 13.4. The number of nitrogens with one attached hydrogen (secondary N) is 2. The number of hydrogen-bond acceptors (Lipinski definition) is 19. The Morgan fingerprint density at radius 1 is 0.587 bits per heavy atom. The van der Waals surface area contributed by atoms with Crippen LogP contribution in [0.25, 0.3) is 0 Å². The van der Waals surface area contributed by atoms with E-state index < -0.39 is 91.3 Å². The maximum atomic E-state index is 12.2. The number of carbonyl (C=O) groups is 5. The Labute approximate surface area is 341 Å². The van der Waals surface area contributed by atoms with E-state index in [9.17, 15) is 58.2 Å². The van der Waals surface area contributed by atoms with Gasteiger partial charge in [0.05, 0.1) is 44.2 Å². The Balaban J connectivity index is -0.00000294. The third kappa shape index (κ3) is 30.8. The molecule has 0 bridgehead atoms. The summed E-state index contributed by atoms with van der Waals surface area (Å²) in [5, 5.41) is 38.1. The number of amides is 2. The molecule has 0 fully saturated rings. The molecule has 2 amide bonds. The molecule has 2 unspecified atom stereocenters. The minimum absolute atomic E-state index is 0. The molecule has 1 radical (unpaired) electrons. The molecule has 26 heteroatoms. The summed E-state index contributed by atoms with van der Waals surface area (Å²) in [5.74, 6) is -6.05. The second-order valence-corrected chi connectivity index (χ2v) is 11.5. The number of aliphatic carboxylic acids is 3. The molecule has 0 heterocycles. The molecular formula is C20H34GdN5Na2O16P2. The van der Waals surface area contributed by atoms with Crippen LogP contribution >= 0.6 is 15.6 Å². The predicted octanol–water partition coefficient (Wildman–Crippen LogP) is -14.4. The van der Waals surface area contributed by atoms with E-state index in [2.05, 4.69) is 28.7 Å². The predicted molar refractivity (Wildman–Crippen MR) is 131 cm³/mol. The Hall–Kier alpha value is 0.775. The van der Waals surface area contributed by atoms with Crippen molar-refractivity contribution in [3.05, 3.63) is 0 Å². The van der Waals surface area contributed by atoms with Crippen LogP contribution in [0.1, 0.15) is 0 Å². The SMILES string of the molecule is COP(=O)([O-])OCCNC(=O)CN(CCN(CCN(CC(=O)[O-])CC(=O)NCCOP(=O)([O-])OC)CC(=O)[O-])CC(=O)[O-].[Gd+3].[Na+].[Na+]. The molecule has 0 saturated carbocycles. The largest absolute Gasteiger partial charge is 3.00 e. The first kappa shape index (κ1) is 53.6. The number of carboxylic acids is 3. The van der Waals surface area contributed by atoms with Gasteiger partial charge < -0.3 is 68.2 Å². The number of hydrogen-bond donors (Lipinski definition) is 2. The molecule has 46 heavy (non-hydrogen) atoms. The summed E-state index contributed by atoms with van der Waals surface area (Å²) in [5.41, 5.74) is 0. The van der Waals surface area contributed by atoms with Crippen molar-refractivity contribution in [1.82, 2.24) is 25.3 Å². The van der Waals surface area contributed by atoms with E-state index in [0.29, 0.717) is 0 Å². The Morgan fingerprint density at radius 2 is 0.870 bits per heavy atom. The fourth-order valence-corrected chi connectivity index (χ4v) is 3.97. The molecule has 0 saturated heterocycles. The van der Waals surface area contributed by atoms with Crippen molar-refractivity contribution < 1.29 is 175 Å². The molecular weight excluding hydrogens is 831 g/mol. The average molecular weight is 866 g/mol. The van der Waals surface area contributed by atoms with E-state index in [1.54, 1.807) is 0 Å². The quantitative estimate of drug-likeness (QED) is 0.0463. The molecule has 2 N–H and O–H groups in total. The van der Waals surface area contributed by atoms with Crippen molar-refractivity contribution in [3.63, 3.8) is 0 Å². The first-order chi connectivity index (χ1) is 20.0. The number of phosphoric ester groups is 2. The van der Waals surface area contributed by atoms with Gasteiger partial charge in [0.1, 0.15) is 0 Å². The topological polar surface area (TPSA) is 305 Å². The van der Waals surface area contributed by atoms with Gasteiger partial charge in [-0.25, -0.2) is 0 Å². The van der Waals surface area contributed by atoms with Gasteiger partial charge in [0.15, 0.2) is 0 Å². The monoisotopic (exact) mass is 866 g/mol. The first-order valence-corrected chi connectivity index (χ1v) is 15.2. The molecule has 0 spiro atoms. The summed E-state index contributed by atoms with van der Waals surface area (Å²) in [7, 11) is -7.24. The standard InChI is InChI=1S/C20H39N5O16P2.Gd.2Na/c1-38-42(34,35)40-9-3-21-16(26)11-24(14-19(30)31)7-5-23(13-18(28)29)6-8-25(15-20(32)33)12-17(27)22-4-10-41-43(36,37)39-2;;;/h3-15H2,1-2H3,(H,21,26)(H,22,27)(H,28,29)(H,30,31)(H,32,33)(H,34,35)(H,36,37);;;/q;+3;2*+1/p-5. The summed E-state index contributed by atoms with van der Waals surface area (Å²) < 4.78 is 39.3. The summed E-state index contributed by atoms with van der Waals surface area (Å²) >= 11 is 0. The summed E-state index contributed by atoms with van der Waals surface area (Å²) in [6, 6.07) is 0. The van der Waals surface area contributed by atoms with Crippen molar-refractivity contribution in [1.29, 1.82) is 0 Å². The van der Waals surface area contributed by atoms with Crippen LogP contribution in [0, 0.1) is 39.9 Å². The molecule has 255 valence electrons. The number of carbonyl (C=O) groups excluding carboxylic acids is 5. The molecule has 21 nitrogen and oxygen atoms in total. The molecule has 0 aromatic rings. The maximum absolute atomic E-state index is 12.2. The van der Waals surface area contributed by atoms with E-state index in [1.165, 1.54) is 4.90 Å². The van der Waals surface area contributed by atoms with E-state index in [0.717, 1.165) is 24.0 Å². The van der Waals surface area contributed by atoms with Gasteiger partial charge in [-0.05, 0) is 0 Å². The van der Waals surface area contributed by atoms with Crippen LogP contribution in [0.5, 0.6) is 0 Å². The van der Waals surface area contributed by atoms with Crippen LogP contribution < -0.4 is 94.9 Å². The van der Waals surface area contributed by atoms with Gasteiger partial charge in [-0.3, -0.25) is 33.4 Å². The molecule has 0 aliphatic heterocycles. The van der Waals surface area contributed by atoms with E-state index in [-0.39, 0.29) is 138 Å².